The van der Waals surface area contributed by atoms with Crippen molar-refractivity contribution in [2.24, 2.45) is 0 Å². The lowest BCUT2D eigenvalue weighted by Crippen LogP contribution is -2.02. The van der Waals surface area contributed by atoms with Crippen molar-refractivity contribution in [3.8, 4) is 17.2 Å². The Morgan fingerprint density at radius 1 is 0.440 bits per heavy atom. The van der Waals surface area contributed by atoms with E-state index in [2.05, 4.69) is 0 Å². The second-order valence-electron chi connectivity index (χ2n) is 5.94. The molecule has 0 aromatic heterocycles. The SMILES string of the molecule is Cc1ccc(OP(Oc2ccc(C)cc2)Oc2ccc(C)cc2)cc1. The van der Waals surface area contributed by atoms with Crippen molar-refractivity contribution in [2.75, 3.05) is 0 Å². The van der Waals surface area contributed by atoms with E-state index >= 15 is 0 Å². The van der Waals surface area contributed by atoms with Gasteiger partial charge in [0.15, 0.2) is 0 Å². The highest BCUT2D eigenvalue weighted by Gasteiger charge is 2.19. The van der Waals surface area contributed by atoms with E-state index in [0.29, 0.717) is 0 Å². The van der Waals surface area contributed by atoms with Crippen LogP contribution in [0.25, 0.3) is 0 Å². The van der Waals surface area contributed by atoms with Crippen LogP contribution in [0.3, 0.4) is 0 Å². The molecule has 0 heterocycles. The molecule has 0 atom stereocenters. The summed E-state index contributed by atoms with van der Waals surface area (Å²) >= 11 is 0. The Balaban J connectivity index is 1.77. The molecule has 3 rings (SSSR count). The van der Waals surface area contributed by atoms with Gasteiger partial charge in [-0.3, -0.25) is 0 Å². The van der Waals surface area contributed by atoms with Gasteiger partial charge in [-0.15, -0.1) is 0 Å². The first-order valence-corrected chi connectivity index (χ1v) is 9.22. The van der Waals surface area contributed by atoms with Gasteiger partial charge in [-0.25, -0.2) is 0 Å². The Labute approximate surface area is 150 Å². The lowest BCUT2D eigenvalue weighted by Gasteiger charge is -2.18. The van der Waals surface area contributed by atoms with E-state index in [9.17, 15) is 0 Å². The van der Waals surface area contributed by atoms with Crippen LogP contribution in [-0.4, -0.2) is 0 Å². The van der Waals surface area contributed by atoms with Gasteiger partial charge in [0.1, 0.15) is 17.2 Å². The van der Waals surface area contributed by atoms with Crippen molar-refractivity contribution < 1.29 is 13.6 Å². The van der Waals surface area contributed by atoms with Gasteiger partial charge in [0.2, 0.25) is 0 Å². The van der Waals surface area contributed by atoms with Crippen LogP contribution < -0.4 is 13.6 Å². The number of hydrogen-bond donors (Lipinski definition) is 0. The molecule has 0 saturated heterocycles. The molecule has 0 radical (unpaired) electrons. The molecular weight excluding hydrogens is 331 g/mol. The molecule has 25 heavy (non-hydrogen) atoms. The second kappa shape index (κ2) is 8.04. The van der Waals surface area contributed by atoms with Crippen LogP contribution in [0.5, 0.6) is 17.2 Å². The summed E-state index contributed by atoms with van der Waals surface area (Å²) in [4.78, 5) is 0. The summed E-state index contributed by atoms with van der Waals surface area (Å²) in [6, 6.07) is 23.5. The fraction of sp³-hybridized carbons (Fsp3) is 0.143. The van der Waals surface area contributed by atoms with Gasteiger partial charge >= 0.3 is 8.60 Å². The fourth-order valence-corrected chi connectivity index (χ4v) is 3.10. The molecule has 0 amide bonds. The molecule has 0 aliphatic carbocycles. The number of rotatable bonds is 6. The largest absolute Gasteiger partial charge is 0.530 e. The standard InChI is InChI=1S/C21H21O3P/c1-16-4-10-19(11-5-16)22-25(23-20-12-6-17(2)7-13-20)24-21-14-8-18(3)9-15-21/h4-15H,1-3H3. The highest BCUT2D eigenvalue weighted by molar-refractivity contribution is 7.43. The van der Waals surface area contributed by atoms with Crippen LogP contribution in [0.4, 0.5) is 0 Å². The number of benzene rings is 3. The van der Waals surface area contributed by atoms with Crippen molar-refractivity contribution >= 4 is 8.60 Å². The van der Waals surface area contributed by atoms with Crippen molar-refractivity contribution in [3.05, 3.63) is 89.5 Å². The smallest absolute Gasteiger partial charge is 0.409 e. The molecule has 0 N–H and O–H groups in total. The molecular formula is C21H21O3P. The molecule has 128 valence electrons. The molecule has 3 nitrogen and oxygen atoms in total. The summed E-state index contributed by atoms with van der Waals surface area (Å²) in [6.07, 6.45) is 0. The average Bonchev–Trinajstić information content (AvgIpc) is 2.61. The van der Waals surface area contributed by atoms with Crippen molar-refractivity contribution in [1.82, 2.24) is 0 Å². The minimum absolute atomic E-state index is 0.718. The zero-order valence-electron chi connectivity index (χ0n) is 14.6. The maximum Gasteiger partial charge on any atom is 0.530 e. The van der Waals surface area contributed by atoms with Gasteiger partial charge in [-0.05, 0) is 57.2 Å². The molecule has 0 spiro atoms. The first-order valence-electron chi connectivity index (χ1n) is 8.12. The lowest BCUT2D eigenvalue weighted by atomic mass is 10.2. The third kappa shape index (κ3) is 5.23. The molecule has 0 fully saturated rings. The maximum atomic E-state index is 5.96. The molecule has 0 aliphatic rings. The monoisotopic (exact) mass is 352 g/mol. The van der Waals surface area contributed by atoms with Crippen LogP contribution >= 0.6 is 8.60 Å². The molecule has 0 saturated carbocycles. The van der Waals surface area contributed by atoms with E-state index in [1.165, 1.54) is 16.7 Å². The predicted octanol–water partition coefficient (Wildman–Crippen LogP) is 6.38. The van der Waals surface area contributed by atoms with E-state index in [0.717, 1.165) is 17.2 Å². The molecule has 3 aromatic carbocycles. The Morgan fingerprint density at radius 2 is 0.680 bits per heavy atom. The maximum absolute atomic E-state index is 5.96. The summed E-state index contributed by atoms with van der Waals surface area (Å²) in [6.45, 7) is 6.12. The summed E-state index contributed by atoms with van der Waals surface area (Å²) in [5, 5.41) is 0. The fourth-order valence-electron chi connectivity index (χ4n) is 2.11. The van der Waals surface area contributed by atoms with Crippen molar-refractivity contribution in [2.45, 2.75) is 20.8 Å². The number of hydrogen-bond acceptors (Lipinski definition) is 3. The number of aryl methyl sites for hydroxylation is 3. The third-order valence-electron chi connectivity index (χ3n) is 3.60. The first-order chi connectivity index (χ1) is 12.1. The quantitative estimate of drug-likeness (QED) is 0.482. The summed E-state index contributed by atoms with van der Waals surface area (Å²) in [5.41, 5.74) is 3.53. The zero-order valence-corrected chi connectivity index (χ0v) is 15.5. The summed E-state index contributed by atoms with van der Waals surface area (Å²) in [7, 11) is -1.62. The van der Waals surface area contributed by atoms with E-state index < -0.39 is 8.60 Å². The van der Waals surface area contributed by atoms with Gasteiger partial charge in [0.25, 0.3) is 0 Å². The lowest BCUT2D eigenvalue weighted by molar-refractivity contribution is 0.388. The third-order valence-corrected chi connectivity index (χ3v) is 4.68. The minimum Gasteiger partial charge on any atom is -0.409 e. The van der Waals surface area contributed by atoms with Gasteiger partial charge in [0.05, 0.1) is 0 Å². The second-order valence-corrected chi connectivity index (χ2v) is 6.93. The molecule has 0 aliphatic heterocycles. The molecule has 0 bridgehead atoms. The summed E-state index contributed by atoms with van der Waals surface area (Å²) in [5.74, 6) is 2.16. The van der Waals surface area contributed by atoms with Crippen LogP contribution in [0.15, 0.2) is 72.8 Å². The highest BCUT2D eigenvalue weighted by atomic mass is 31.2. The first kappa shape index (κ1) is 17.3. The van der Waals surface area contributed by atoms with E-state index in [4.69, 9.17) is 13.6 Å². The van der Waals surface area contributed by atoms with Crippen molar-refractivity contribution in [1.29, 1.82) is 0 Å². The Hall–Kier alpha value is -2.51. The van der Waals surface area contributed by atoms with Gasteiger partial charge < -0.3 is 13.6 Å². The minimum atomic E-state index is -1.62. The zero-order chi connectivity index (χ0) is 17.6. The van der Waals surface area contributed by atoms with E-state index in [1.807, 2.05) is 93.6 Å². The molecule has 4 heteroatoms. The molecule has 3 aromatic rings. The van der Waals surface area contributed by atoms with Gasteiger partial charge in [0, 0.05) is 0 Å². The van der Waals surface area contributed by atoms with Crippen LogP contribution in [0.1, 0.15) is 16.7 Å². The highest BCUT2D eigenvalue weighted by Crippen LogP contribution is 2.42. The van der Waals surface area contributed by atoms with Crippen LogP contribution in [0, 0.1) is 20.8 Å². The topological polar surface area (TPSA) is 27.7 Å². The Bertz CT molecular complexity index is 683. The molecule has 0 unspecified atom stereocenters. The summed E-state index contributed by atoms with van der Waals surface area (Å²) < 4.78 is 17.9. The Kier molecular flexibility index (Phi) is 5.57. The average molecular weight is 352 g/mol. The van der Waals surface area contributed by atoms with E-state index in [1.54, 1.807) is 0 Å². The van der Waals surface area contributed by atoms with Gasteiger partial charge in [-0.2, -0.15) is 0 Å². The van der Waals surface area contributed by atoms with E-state index in [-0.39, 0.29) is 0 Å². The van der Waals surface area contributed by atoms with Crippen LogP contribution in [-0.2, 0) is 0 Å². The predicted molar refractivity (Wildman–Crippen MR) is 102 cm³/mol. The normalized spacial score (nSPS) is 10.6. The van der Waals surface area contributed by atoms with Crippen LogP contribution in [0.2, 0.25) is 0 Å². The van der Waals surface area contributed by atoms with Gasteiger partial charge in [-0.1, -0.05) is 53.1 Å². The Morgan fingerprint density at radius 3 is 0.920 bits per heavy atom. The van der Waals surface area contributed by atoms with Crippen molar-refractivity contribution in [3.63, 3.8) is 0 Å².